The summed E-state index contributed by atoms with van der Waals surface area (Å²) in [5.41, 5.74) is 10.2. The second-order valence-electron chi connectivity index (χ2n) is 4.89. The van der Waals surface area contributed by atoms with Crippen LogP contribution in [0, 0.1) is 13.8 Å². The number of benzene rings is 2. The van der Waals surface area contributed by atoms with Crippen molar-refractivity contribution >= 4 is 17.3 Å². The Morgan fingerprint density at radius 3 is 2.35 bits per heavy atom. The van der Waals surface area contributed by atoms with Crippen LogP contribution in [-0.2, 0) is 0 Å². The van der Waals surface area contributed by atoms with E-state index in [2.05, 4.69) is 0 Å². The fourth-order valence-corrected chi connectivity index (χ4v) is 2.23. The Balaban J connectivity index is 2.39. The second-order valence-corrected chi connectivity index (χ2v) is 4.89. The van der Waals surface area contributed by atoms with Crippen molar-refractivity contribution in [2.45, 2.75) is 20.8 Å². The highest BCUT2D eigenvalue weighted by Gasteiger charge is 2.18. The molecule has 104 valence electrons. The van der Waals surface area contributed by atoms with E-state index in [1.807, 2.05) is 63.2 Å². The summed E-state index contributed by atoms with van der Waals surface area (Å²) >= 11 is 0. The highest BCUT2D eigenvalue weighted by Crippen LogP contribution is 2.21. The monoisotopic (exact) mass is 268 g/mol. The summed E-state index contributed by atoms with van der Waals surface area (Å²) in [5, 5.41) is 0. The first-order valence-corrected chi connectivity index (χ1v) is 6.78. The van der Waals surface area contributed by atoms with Crippen molar-refractivity contribution in [3.63, 3.8) is 0 Å². The number of hydrogen-bond donors (Lipinski definition) is 1. The van der Waals surface area contributed by atoms with Crippen LogP contribution in [0.3, 0.4) is 0 Å². The quantitative estimate of drug-likeness (QED) is 0.865. The number of nitrogen functional groups attached to an aromatic ring is 1. The predicted molar refractivity (Wildman–Crippen MR) is 84.1 cm³/mol. The molecule has 0 atom stereocenters. The number of amides is 1. The van der Waals surface area contributed by atoms with Gasteiger partial charge in [-0.05, 0) is 62.2 Å². The van der Waals surface area contributed by atoms with Crippen LogP contribution in [0.2, 0.25) is 0 Å². The molecule has 1 amide bonds. The van der Waals surface area contributed by atoms with Gasteiger partial charge in [-0.3, -0.25) is 4.79 Å². The van der Waals surface area contributed by atoms with Crippen molar-refractivity contribution < 1.29 is 4.79 Å². The Labute approximate surface area is 120 Å². The second kappa shape index (κ2) is 5.78. The standard InChI is InChI=1S/C17H20N2O/c1-4-19(15-10-8-14(18)9-11-15)17(20)16-7-5-6-12(2)13(16)3/h5-11H,4,18H2,1-3H3. The topological polar surface area (TPSA) is 46.3 Å². The average Bonchev–Trinajstić information content (AvgIpc) is 2.44. The van der Waals surface area contributed by atoms with Gasteiger partial charge in [-0.25, -0.2) is 0 Å². The Morgan fingerprint density at radius 2 is 1.75 bits per heavy atom. The van der Waals surface area contributed by atoms with E-state index in [9.17, 15) is 4.79 Å². The fraction of sp³-hybridized carbons (Fsp3) is 0.235. The highest BCUT2D eigenvalue weighted by atomic mass is 16.2. The lowest BCUT2D eigenvalue weighted by atomic mass is 10.0. The van der Waals surface area contributed by atoms with Gasteiger partial charge in [0.2, 0.25) is 0 Å². The number of carbonyl (C=O) groups excluding carboxylic acids is 1. The van der Waals surface area contributed by atoms with E-state index in [1.165, 1.54) is 0 Å². The molecule has 2 N–H and O–H groups in total. The summed E-state index contributed by atoms with van der Waals surface area (Å²) in [7, 11) is 0. The third kappa shape index (κ3) is 2.67. The molecule has 2 aromatic carbocycles. The molecule has 2 rings (SSSR count). The van der Waals surface area contributed by atoms with Gasteiger partial charge in [-0.2, -0.15) is 0 Å². The number of hydrogen-bond acceptors (Lipinski definition) is 2. The zero-order valence-corrected chi connectivity index (χ0v) is 12.2. The van der Waals surface area contributed by atoms with Crippen molar-refractivity contribution in [3.05, 3.63) is 59.2 Å². The lowest BCUT2D eigenvalue weighted by Crippen LogP contribution is -2.31. The Bertz CT molecular complexity index is 617. The first-order chi connectivity index (χ1) is 9.54. The van der Waals surface area contributed by atoms with Crippen LogP contribution in [0.15, 0.2) is 42.5 Å². The molecule has 0 saturated heterocycles. The summed E-state index contributed by atoms with van der Waals surface area (Å²) < 4.78 is 0. The largest absolute Gasteiger partial charge is 0.399 e. The lowest BCUT2D eigenvalue weighted by molar-refractivity contribution is 0.0987. The molecule has 3 nitrogen and oxygen atoms in total. The molecule has 0 radical (unpaired) electrons. The van der Waals surface area contributed by atoms with Crippen LogP contribution < -0.4 is 10.6 Å². The van der Waals surface area contributed by atoms with Crippen LogP contribution in [-0.4, -0.2) is 12.5 Å². The molecule has 0 spiro atoms. The van der Waals surface area contributed by atoms with E-state index < -0.39 is 0 Å². The smallest absolute Gasteiger partial charge is 0.258 e. The van der Waals surface area contributed by atoms with E-state index in [0.29, 0.717) is 12.2 Å². The zero-order chi connectivity index (χ0) is 14.7. The Hall–Kier alpha value is -2.29. The van der Waals surface area contributed by atoms with Gasteiger partial charge in [0.25, 0.3) is 5.91 Å². The minimum atomic E-state index is 0.0264. The van der Waals surface area contributed by atoms with Crippen molar-refractivity contribution in [1.29, 1.82) is 0 Å². The van der Waals surface area contributed by atoms with Gasteiger partial charge in [0.1, 0.15) is 0 Å². The molecule has 0 unspecified atom stereocenters. The molecule has 20 heavy (non-hydrogen) atoms. The van der Waals surface area contributed by atoms with Crippen molar-refractivity contribution in [1.82, 2.24) is 0 Å². The number of carbonyl (C=O) groups is 1. The minimum Gasteiger partial charge on any atom is -0.399 e. The van der Waals surface area contributed by atoms with Gasteiger partial charge >= 0.3 is 0 Å². The van der Waals surface area contributed by atoms with E-state index >= 15 is 0 Å². The van der Waals surface area contributed by atoms with Gasteiger partial charge < -0.3 is 10.6 Å². The van der Waals surface area contributed by atoms with E-state index in [4.69, 9.17) is 5.73 Å². The summed E-state index contributed by atoms with van der Waals surface area (Å²) in [6.45, 7) is 6.60. The molecular formula is C17H20N2O. The zero-order valence-electron chi connectivity index (χ0n) is 12.2. The maximum Gasteiger partial charge on any atom is 0.258 e. The summed E-state index contributed by atoms with van der Waals surface area (Å²) in [6, 6.07) is 13.2. The van der Waals surface area contributed by atoms with Crippen molar-refractivity contribution in [3.8, 4) is 0 Å². The molecule has 3 heteroatoms. The molecule has 0 aliphatic carbocycles. The Kier molecular flexibility index (Phi) is 4.08. The Morgan fingerprint density at radius 1 is 1.10 bits per heavy atom. The van der Waals surface area contributed by atoms with E-state index in [1.54, 1.807) is 4.90 Å². The third-order valence-corrected chi connectivity index (χ3v) is 3.60. The molecule has 0 heterocycles. The van der Waals surface area contributed by atoms with Gasteiger partial charge in [0, 0.05) is 23.5 Å². The average molecular weight is 268 g/mol. The fourth-order valence-electron chi connectivity index (χ4n) is 2.23. The van der Waals surface area contributed by atoms with Gasteiger partial charge in [0.15, 0.2) is 0 Å². The van der Waals surface area contributed by atoms with Crippen LogP contribution in [0.5, 0.6) is 0 Å². The number of nitrogens with zero attached hydrogens (tertiary/aromatic N) is 1. The molecule has 0 aromatic heterocycles. The molecular weight excluding hydrogens is 248 g/mol. The van der Waals surface area contributed by atoms with E-state index in [0.717, 1.165) is 22.4 Å². The first-order valence-electron chi connectivity index (χ1n) is 6.78. The molecule has 0 bridgehead atoms. The number of anilines is 2. The maximum absolute atomic E-state index is 12.7. The highest BCUT2D eigenvalue weighted by molar-refractivity contribution is 6.07. The van der Waals surface area contributed by atoms with Crippen LogP contribution in [0.25, 0.3) is 0 Å². The van der Waals surface area contributed by atoms with Gasteiger partial charge in [-0.15, -0.1) is 0 Å². The molecule has 2 aromatic rings. The lowest BCUT2D eigenvalue weighted by Gasteiger charge is -2.22. The molecule has 0 aliphatic heterocycles. The van der Waals surface area contributed by atoms with Crippen molar-refractivity contribution in [2.75, 3.05) is 17.2 Å². The number of nitrogens with two attached hydrogens (primary N) is 1. The molecule has 0 aliphatic rings. The third-order valence-electron chi connectivity index (χ3n) is 3.60. The van der Waals surface area contributed by atoms with Gasteiger partial charge in [-0.1, -0.05) is 12.1 Å². The first kappa shape index (κ1) is 14.1. The van der Waals surface area contributed by atoms with Crippen LogP contribution >= 0.6 is 0 Å². The normalized spacial score (nSPS) is 10.3. The van der Waals surface area contributed by atoms with Crippen molar-refractivity contribution in [2.24, 2.45) is 0 Å². The maximum atomic E-state index is 12.7. The van der Waals surface area contributed by atoms with Gasteiger partial charge in [0.05, 0.1) is 0 Å². The molecule has 0 saturated carbocycles. The van der Waals surface area contributed by atoms with E-state index in [-0.39, 0.29) is 5.91 Å². The van der Waals surface area contributed by atoms with Crippen LogP contribution in [0.1, 0.15) is 28.4 Å². The number of rotatable bonds is 3. The number of aryl methyl sites for hydroxylation is 1. The molecule has 0 fully saturated rings. The summed E-state index contributed by atoms with van der Waals surface area (Å²) in [6.07, 6.45) is 0. The predicted octanol–water partition coefficient (Wildman–Crippen LogP) is 3.55. The summed E-state index contributed by atoms with van der Waals surface area (Å²) in [4.78, 5) is 14.5. The minimum absolute atomic E-state index is 0.0264. The summed E-state index contributed by atoms with van der Waals surface area (Å²) in [5.74, 6) is 0.0264. The SMILES string of the molecule is CCN(C(=O)c1cccc(C)c1C)c1ccc(N)cc1. The van der Waals surface area contributed by atoms with Crippen LogP contribution in [0.4, 0.5) is 11.4 Å².